The first-order valence-corrected chi connectivity index (χ1v) is 8.67. The monoisotopic (exact) mass is 274 g/mol. The first-order chi connectivity index (χ1) is 8.20. The van der Waals surface area contributed by atoms with Crippen LogP contribution in [0.3, 0.4) is 0 Å². The maximum absolute atomic E-state index is 5.76. The van der Waals surface area contributed by atoms with Crippen molar-refractivity contribution >= 4 is 23.5 Å². The zero-order valence-corrected chi connectivity index (χ0v) is 13.2. The number of ether oxygens (including phenoxy) is 1. The van der Waals surface area contributed by atoms with E-state index in [1.54, 1.807) is 0 Å². The van der Waals surface area contributed by atoms with Crippen LogP contribution in [0.1, 0.15) is 33.6 Å². The van der Waals surface area contributed by atoms with E-state index in [0.717, 1.165) is 11.0 Å². The van der Waals surface area contributed by atoms with Gasteiger partial charge in [-0.2, -0.15) is 0 Å². The van der Waals surface area contributed by atoms with E-state index in [-0.39, 0.29) is 0 Å². The lowest BCUT2D eigenvalue weighted by Gasteiger charge is -2.34. The van der Waals surface area contributed by atoms with Crippen LogP contribution in [0, 0.1) is 11.8 Å². The van der Waals surface area contributed by atoms with Gasteiger partial charge in [-0.1, -0.05) is 26.0 Å². The first-order valence-electron chi connectivity index (χ1n) is 6.57. The number of rotatable bonds is 6. The molecule has 3 atom stereocenters. The van der Waals surface area contributed by atoms with Gasteiger partial charge >= 0.3 is 0 Å². The molecule has 0 bridgehead atoms. The van der Waals surface area contributed by atoms with E-state index in [4.69, 9.17) is 4.74 Å². The second-order valence-corrected chi connectivity index (χ2v) is 7.60. The van der Waals surface area contributed by atoms with Crippen LogP contribution in [-0.4, -0.2) is 29.3 Å². The zero-order valence-electron chi connectivity index (χ0n) is 11.5. The van der Waals surface area contributed by atoms with E-state index in [1.165, 1.54) is 17.9 Å². The summed E-state index contributed by atoms with van der Waals surface area (Å²) in [5, 5.41) is 0. The van der Waals surface area contributed by atoms with Crippen molar-refractivity contribution in [3.8, 4) is 0 Å². The van der Waals surface area contributed by atoms with Crippen molar-refractivity contribution in [2.75, 3.05) is 18.6 Å². The Morgan fingerprint density at radius 2 is 1.94 bits per heavy atom. The second-order valence-electron chi connectivity index (χ2n) is 4.80. The maximum Gasteiger partial charge on any atom is 0.0643 e. The average Bonchev–Trinajstić information content (AvgIpc) is 2.38. The second kappa shape index (κ2) is 8.49. The Bertz CT molecular complexity index is 224. The van der Waals surface area contributed by atoms with E-state index in [0.29, 0.717) is 17.9 Å². The third-order valence-electron chi connectivity index (χ3n) is 3.38. The van der Waals surface area contributed by atoms with Crippen LogP contribution in [0.25, 0.3) is 0 Å². The number of hydrogen-bond donors (Lipinski definition) is 0. The lowest BCUT2D eigenvalue weighted by Crippen LogP contribution is -2.34. The molecule has 1 aliphatic rings. The van der Waals surface area contributed by atoms with Gasteiger partial charge in [-0.3, -0.25) is 0 Å². The Kier molecular flexibility index (Phi) is 7.72. The molecule has 0 spiro atoms. The maximum atomic E-state index is 5.76. The summed E-state index contributed by atoms with van der Waals surface area (Å²) in [6.07, 6.45) is 7.27. The molecule has 1 aliphatic heterocycles. The smallest absolute Gasteiger partial charge is 0.0643 e. The van der Waals surface area contributed by atoms with Gasteiger partial charge in [0.05, 0.1) is 10.7 Å². The lowest BCUT2D eigenvalue weighted by molar-refractivity contribution is 0.0233. The molecule has 1 rings (SSSR count). The van der Waals surface area contributed by atoms with Crippen LogP contribution in [0.4, 0.5) is 0 Å². The first kappa shape index (κ1) is 15.5. The van der Waals surface area contributed by atoms with Crippen molar-refractivity contribution in [1.82, 2.24) is 0 Å². The van der Waals surface area contributed by atoms with E-state index in [1.807, 2.05) is 7.11 Å². The summed E-state index contributed by atoms with van der Waals surface area (Å²) in [6.45, 7) is 6.75. The molecule has 0 aliphatic carbocycles. The van der Waals surface area contributed by atoms with Crippen molar-refractivity contribution in [1.29, 1.82) is 0 Å². The van der Waals surface area contributed by atoms with Crippen molar-refractivity contribution in [3.63, 3.8) is 0 Å². The van der Waals surface area contributed by atoms with Crippen LogP contribution in [0.2, 0.25) is 0 Å². The normalized spacial score (nSPS) is 23.8. The molecule has 0 aromatic heterocycles. The number of methoxy groups -OCH3 is 1. The Hall–Kier alpha value is 0.400. The molecular formula is C14H26OS2. The third-order valence-corrected chi connectivity index (χ3v) is 6.76. The fourth-order valence-electron chi connectivity index (χ4n) is 2.41. The minimum absolute atomic E-state index is 0.384. The van der Waals surface area contributed by atoms with Crippen LogP contribution in [0.15, 0.2) is 12.2 Å². The van der Waals surface area contributed by atoms with E-state index in [9.17, 15) is 0 Å². The van der Waals surface area contributed by atoms with Crippen molar-refractivity contribution in [2.45, 2.75) is 44.3 Å². The minimum Gasteiger partial charge on any atom is -0.381 e. The Morgan fingerprint density at radius 3 is 2.47 bits per heavy atom. The molecular weight excluding hydrogens is 248 g/mol. The van der Waals surface area contributed by atoms with Gasteiger partial charge in [0.25, 0.3) is 0 Å². The third kappa shape index (κ3) is 4.88. The van der Waals surface area contributed by atoms with Crippen molar-refractivity contribution in [3.05, 3.63) is 12.2 Å². The van der Waals surface area contributed by atoms with E-state index >= 15 is 0 Å². The van der Waals surface area contributed by atoms with Gasteiger partial charge in [0.1, 0.15) is 0 Å². The lowest BCUT2D eigenvalue weighted by atomic mass is 9.91. The number of hydrogen-bond acceptors (Lipinski definition) is 3. The van der Waals surface area contributed by atoms with Gasteiger partial charge in [-0.05, 0) is 37.2 Å². The SMILES string of the molecule is C/C=C/C[C@H](C)[C@@H](OC)[C@@H](C)C1SCCCS1. The van der Waals surface area contributed by atoms with Gasteiger partial charge in [-0.25, -0.2) is 0 Å². The van der Waals surface area contributed by atoms with Crippen molar-refractivity contribution < 1.29 is 4.74 Å². The molecule has 0 aromatic rings. The van der Waals surface area contributed by atoms with Gasteiger partial charge in [0, 0.05) is 13.0 Å². The summed E-state index contributed by atoms with van der Waals surface area (Å²) in [4.78, 5) is 0. The summed E-state index contributed by atoms with van der Waals surface area (Å²) in [5.74, 6) is 3.88. The molecule has 1 heterocycles. The zero-order chi connectivity index (χ0) is 12.7. The predicted molar refractivity (Wildman–Crippen MR) is 81.9 cm³/mol. The van der Waals surface area contributed by atoms with Gasteiger partial charge < -0.3 is 4.74 Å². The molecule has 0 amide bonds. The van der Waals surface area contributed by atoms with Gasteiger partial charge in [0.15, 0.2) is 0 Å². The highest BCUT2D eigenvalue weighted by atomic mass is 32.2. The highest BCUT2D eigenvalue weighted by Gasteiger charge is 2.31. The Labute approximate surface area is 115 Å². The summed E-state index contributed by atoms with van der Waals surface area (Å²) >= 11 is 4.24. The summed E-state index contributed by atoms with van der Waals surface area (Å²) in [5.41, 5.74) is 0. The molecule has 0 N–H and O–H groups in total. The van der Waals surface area contributed by atoms with Crippen LogP contribution >= 0.6 is 23.5 Å². The average molecular weight is 274 g/mol. The van der Waals surface area contributed by atoms with E-state index < -0.39 is 0 Å². The molecule has 3 heteroatoms. The molecule has 100 valence electrons. The number of thioether (sulfide) groups is 2. The Balaban J connectivity index is 2.51. The molecule has 1 nitrogen and oxygen atoms in total. The molecule has 1 fully saturated rings. The summed E-state index contributed by atoms with van der Waals surface area (Å²) in [7, 11) is 1.87. The molecule has 0 aromatic carbocycles. The highest BCUT2D eigenvalue weighted by molar-refractivity contribution is 8.17. The summed E-state index contributed by atoms with van der Waals surface area (Å²) in [6, 6.07) is 0. The minimum atomic E-state index is 0.384. The number of allylic oxidation sites excluding steroid dienone is 2. The predicted octanol–water partition coefficient (Wildman–Crippen LogP) is 4.44. The molecule has 1 saturated heterocycles. The molecule has 0 unspecified atom stereocenters. The Morgan fingerprint density at radius 1 is 1.29 bits per heavy atom. The van der Waals surface area contributed by atoms with Crippen molar-refractivity contribution in [2.24, 2.45) is 11.8 Å². The topological polar surface area (TPSA) is 9.23 Å². The fraction of sp³-hybridized carbons (Fsp3) is 0.857. The molecule has 17 heavy (non-hydrogen) atoms. The van der Waals surface area contributed by atoms with Gasteiger partial charge in [-0.15, -0.1) is 23.5 Å². The highest BCUT2D eigenvalue weighted by Crippen LogP contribution is 2.39. The standard InChI is InChI=1S/C14H26OS2/c1-5-6-8-11(2)13(15-4)12(3)14-16-9-7-10-17-14/h5-6,11-14H,7-10H2,1-4H3/b6-5+/t11-,12+,13+/m0/s1. The largest absolute Gasteiger partial charge is 0.381 e. The van der Waals surface area contributed by atoms with E-state index in [2.05, 4.69) is 56.4 Å². The molecule has 0 saturated carbocycles. The molecule has 0 radical (unpaired) electrons. The quantitative estimate of drug-likeness (QED) is 0.663. The van der Waals surface area contributed by atoms with Gasteiger partial charge in [0.2, 0.25) is 0 Å². The van der Waals surface area contributed by atoms with Crippen LogP contribution in [0.5, 0.6) is 0 Å². The van der Waals surface area contributed by atoms with Crippen LogP contribution in [-0.2, 0) is 4.74 Å². The fourth-order valence-corrected chi connectivity index (χ4v) is 5.56. The summed E-state index contributed by atoms with van der Waals surface area (Å²) < 4.78 is 6.49. The van der Waals surface area contributed by atoms with Crippen LogP contribution < -0.4 is 0 Å².